The molecule has 11 aromatic rings. The van der Waals surface area contributed by atoms with Gasteiger partial charge in [0.1, 0.15) is 16.9 Å². The normalized spacial score (nSPS) is 11.4. The minimum Gasteiger partial charge on any atom is -0.507 e. The summed E-state index contributed by atoms with van der Waals surface area (Å²) in [4.78, 5) is 11.4. The Bertz CT molecular complexity index is 3390. The number of aromatic nitrogens is 2. The molecule has 59 heavy (non-hydrogen) atoms. The number of rotatable bonds is 6. The Hall–Kier alpha value is -6.65. The van der Waals surface area contributed by atoms with E-state index < -0.39 is 0 Å². The van der Waals surface area contributed by atoms with Crippen molar-refractivity contribution in [2.75, 3.05) is 0 Å². The number of hydrogen-bond acceptors (Lipinski definition) is 5. The molecule has 0 spiro atoms. The standard InChI is InChI=1S/C53H33N2O2S.Pt/c1-32-26-39(53-51(44-19-8-10-21-50(44)58-53)37-23-24-42-41-18-7-9-20-48(41)57-49(42)31-37)30-45(54-32)35-15-11-16-36(27-35)46-28-38(33-12-3-2-4-13-33)29-47(55-46)43-25-22-34-14-5-6-17-40(34)52(43)56;/h2-26,28-31,56H,1H3;/q-1;. The predicted molar refractivity (Wildman–Crippen MR) is 240 cm³/mol. The summed E-state index contributed by atoms with van der Waals surface area (Å²) in [5.74, 6) is 0.217. The topological polar surface area (TPSA) is 59.2 Å². The van der Waals surface area contributed by atoms with Crippen LogP contribution in [0.2, 0.25) is 0 Å². The zero-order chi connectivity index (χ0) is 38.7. The quantitative estimate of drug-likeness (QED) is 0.169. The number of nitrogens with zero attached hydrogens (tertiary/aromatic N) is 2. The molecule has 0 aliphatic carbocycles. The Morgan fingerprint density at radius 3 is 2.03 bits per heavy atom. The fourth-order valence-corrected chi connectivity index (χ4v) is 9.40. The van der Waals surface area contributed by atoms with Gasteiger partial charge in [-0.25, -0.2) is 0 Å². The first-order chi connectivity index (χ1) is 28.5. The summed E-state index contributed by atoms with van der Waals surface area (Å²) in [6, 6.07) is 63.9. The van der Waals surface area contributed by atoms with Crippen molar-refractivity contribution in [3.05, 3.63) is 188 Å². The van der Waals surface area contributed by atoms with Crippen molar-refractivity contribution in [2.45, 2.75) is 6.92 Å². The van der Waals surface area contributed by atoms with Crippen molar-refractivity contribution >= 4 is 54.1 Å². The molecule has 4 aromatic heterocycles. The van der Waals surface area contributed by atoms with Crippen molar-refractivity contribution in [1.82, 2.24) is 9.97 Å². The SMILES string of the molecule is Cc1cc(-c2sc3ccccc3c2-c2ccc3c(c2)oc2ccccc23)cc(-c2[c-]c(-c3cc(-c4ccccc4)cc(-c4ccc5ccccc5c4O)n3)ccc2)n1.[Pt]. The predicted octanol–water partition coefficient (Wildman–Crippen LogP) is 14.6. The molecule has 0 saturated carbocycles. The summed E-state index contributed by atoms with van der Waals surface area (Å²) in [7, 11) is 0. The Kier molecular flexibility index (Phi) is 9.28. The van der Waals surface area contributed by atoms with Crippen LogP contribution in [0.1, 0.15) is 5.69 Å². The van der Waals surface area contributed by atoms with Gasteiger partial charge < -0.3 is 9.52 Å². The zero-order valence-corrected chi connectivity index (χ0v) is 34.8. The number of phenolic OH excluding ortho intramolecular Hbond substituents is 1. The van der Waals surface area contributed by atoms with Gasteiger partial charge in [0.2, 0.25) is 0 Å². The van der Waals surface area contributed by atoms with E-state index in [0.717, 1.165) is 83.2 Å². The number of benzene rings is 7. The minimum atomic E-state index is 0. The van der Waals surface area contributed by atoms with Gasteiger partial charge in [0.15, 0.2) is 0 Å². The molecule has 7 aromatic carbocycles. The van der Waals surface area contributed by atoms with Gasteiger partial charge in [-0.3, -0.25) is 9.97 Å². The van der Waals surface area contributed by atoms with Crippen LogP contribution in [0.25, 0.3) is 109 Å². The largest absolute Gasteiger partial charge is 0.507 e. The van der Waals surface area contributed by atoms with E-state index in [9.17, 15) is 5.11 Å². The van der Waals surface area contributed by atoms with Crippen LogP contribution in [0.3, 0.4) is 0 Å². The van der Waals surface area contributed by atoms with Crippen LogP contribution in [0.15, 0.2) is 180 Å². The third-order valence-corrected chi connectivity index (χ3v) is 12.2. The van der Waals surface area contributed by atoms with E-state index in [0.29, 0.717) is 11.3 Å². The van der Waals surface area contributed by atoms with Crippen LogP contribution in [0.5, 0.6) is 5.75 Å². The molecular formula is C53H33N2O2PtS-. The fourth-order valence-electron chi connectivity index (χ4n) is 8.19. The summed E-state index contributed by atoms with van der Waals surface area (Å²) in [6.07, 6.45) is 0. The van der Waals surface area contributed by atoms with E-state index in [2.05, 4.69) is 110 Å². The van der Waals surface area contributed by atoms with Crippen LogP contribution in [-0.4, -0.2) is 15.1 Å². The zero-order valence-electron chi connectivity index (χ0n) is 31.7. The number of aryl methyl sites for hydroxylation is 1. The van der Waals surface area contributed by atoms with E-state index in [-0.39, 0.29) is 26.8 Å². The van der Waals surface area contributed by atoms with Crippen molar-refractivity contribution in [3.63, 3.8) is 0 Å². The first-order valence-electron chi connectivity index (χ1n) is 19.3. The third kappa shape index (κ3) is 6.53. The molecule has 1 N–H and O–H groups in total. The van der Waals surface area contributed by atoms with Crippen LogP contribution in [-0.2, 0) is 21.1 Å². The van der Waals surface area contributed by atoms with E-state index in [1.165, 1.54) is 20.5 Å². The number of hydrogen-bond donors (Lipinski definition) is 1. The van der Waals surface area contributed by atoms with Gasteiger partial charge in [-0.2, -0.15) is 0 Å². The maximum atomic E-state index is 11.5. The van der Waals surface area contributed by atoms with Gasteiger partial charge in [0.05, 0.1) is 5.69 Å². The molecule has 0 amide bonds. The third-order valence-electron chi connectivity index (χ3n) is 10.9. The van der Waals surface area contributed by atoms with Gasteiger partial charge in [-0.1, -0.05) is 126 Å². The summed E-state index contributed by atoms with van der Waals surface area (Å²) in [5, 5.41) is 16.7. The Morgan fingerprint density at radius 2 is 1.19 bits per heavy atom. The smallest absolute Gasteiger partial charge is 0.136 e. The van der Waals surface area contributed by atoms with E-state index in [1.807, 2.05) is 78.9 Å². The average molecular weight is 957 g/mol. The molecule has 0 atom stereocenters. The van der Waals surface area contributed by atoms with Gasteiger partial charge in [0.25, 0.3) is 0 Å². The Balaban J connectivity index is 0.00000420. The molecule has 0 aliphatic heterocycles. The van der Waals surface area contributed by atoms with Gasteiger partial charge in [-0.15, -0.1) is 35.6 Å². The maximum Gasteiger partial charge on any atom is 0.136 e. The molecule has 6 heteroatoms. The number of thiophene rings is 1. The van der Waals surface area contributed by atoms with Gasteiger partial charge >= 0.3 is 0 Å². The molecule has 0 radical (unpaired) electrons. The van der Waals surface area contributed by atoms with E-state index >= 15 is 0 Å². The van der Waals surface area contributed by atoms with E-state index in [4.69, 9.17) is 14.4 Å². The monoisotopic (exact) mass is 956 g/mol. The van der Waals surface area contributed by atoms with Gasteiger partial charge in [-0.05, 0) is 77.0 Å². The Morgan fingerprint density at radius 1 is 0.508 bits per heavy atom. The number of pyridine rings is 2. The second kappa shape index (κ2) is 14.9. The second-order valence-corrected chi connectivity index (χ2v) is 15.7. The van der Waals surface area contributed by atoms with Crippen LogP contribution in [0, 0.1) is 13.0 Å². The molecule has 0 unspecified atom stereocenters. The molecule has 284 valence electrons. The average Bonchev–Trinajstić information content (AvgIpc) is 3.85. The number of phenols is 1. The number of para-hydroxylation sites is 1. The summed E-state index contributed by atoms with van der Waals surface area (Å²) in [5.41, 5.74) is 12.8. The molecule has 11 rings (SSSR count). The number of furan rings is 1. The molecule has 0 saturated heterocycles. The summed E-state index contributed by atoms with van der Waals surface area (Å²) < 4.78 is 7.57. The maximum absolute atomic E-state index is 11.5. The molecule has 0 bridgehead atoms. The number of fused-ring (bicyclic) bond motifs is 5. The van der Waals surface area contributed by atoms with Crippen LogP contribution >= 0.6 is 11.3 Å². The molecule has 0 aliphatic rings. The molecule has 4 heterocycles. The molecular weight excluding hydrogens is 924 g/mol. The second-order valence-electron chi connectivity index (χ2n) is 14.6. The van der Waals surface area contributed by atoms with Crippen LogP contribution < -0.4 is 0 Å². The van der Waals surface area contributed by atoms with Crippen molar-refractivity contribution < 1.29 is 30.6 Å². The fraction of sp³-hybridized carbons (Fsp3) is 0.0189. The van der Waals surface area contributed by atoms with Crippen molar-refractivity contribution in [2.24, 2.45) is 0 Å². The minimum absolute atomic E-state index is 0. The van der Waals surface area contributed by atoms with Gasteiger partial charge in [0, 0.05) is 80.4 Å². The van der Waals surface area contributed by atoms with Crippen LogP contribution in [0.4, 0.5) is 0 Å². The molecule has 0 fully saturated rings. The number of aromatic hydroxyl groups is 1. The molecule has 4 nitrogen and oxygen atoms in total. The van der Waals surface area contributed by atoms with E-state index in [1.54, 1.807) is 11.3 Å². The summed E-state index contributed by atoms with van der Waals surface area (Å²) in [6.45, 7) is 2.05. The summed E-state index contributed by atoms with van der Waals surface area (Å²) >= 11 is 1.80. The van der Waals surface area contributed by atoms with Crippen molar-refractivity contribution in [3.8, 4) is 72.2 Å². The first-order valence-corrected chi connectivity index (χ1v) is 20.1. The Labute approximate surface area is 359 Å². The van der Waals surface area contributed by atoms with Crippen molar-refractivity contribution in [1.29, 1.82) is 0 Å². The first kappa shape index (κ1) is 36.7.